The molecule has 0 aromatic heterocycles. The fourth-order valence-corrected chi connectivity index (χ4v) is 2.62. The molecule has 0 saturated carbocycles. The summed E-state index contributed by atoms with van der Waals surface area (Å²) in [5.74, 6) is -0.625. The Balaban J connectivity index is 3.31. The zero-order chi connectivity index (χ0) is 15.6. The first kappa shape index (κ1) is 17.2. The van der Waals surface area contributed by atoms with Crippen LogP contribution in [0, 0.1) is 5.41 Å². The summed E-state index contributed by atoms with van der Waals surface area (Å²) in [6.45, 7) is 9.44. The van der Waals surface area contributed by atoms with E-state index >= 15 is 0 Å². The van der Waals surface area contributed by atoms with Crippen molar-refractivity contribution in [1.82, 2.24) is 10.0 Å². The maximum absolute atomic E-state index is 14.6. The molecule has 1 aliphatic heterocycles. The minimum atomic E-state index is -1.04. The van der Waals surface area contributed by atoms with Crippen LogP contribution in [0.3, 0.4) is 0 Å². The summed E-state index contributed by atoms with van der Waals surface area (Å²) >= 11 is 4.01. The Bertz CT molecular complexity index is 447. The van der Waals surface area contributed by atoms with E-state index < -0.39 is 16.5 Å². The van der Waals surface area contributed by atoms with Gasteiger partial charge in [-0.3, -0.25) is 4.79 Å². The molecule has 3 nitrogen and oxygen atoms in total. The standard InChI is InChI=1S/C15H25FN2OS/c1-6-9-13(2,3)15(5)11(16)8-7-10-14(4,18-20)12(19)17-15/h7-8,10,18,20H,6,9H2,1-5H3,(H,17,19)/b10-7-,11-8?. The Morgan fingerprint density at radius 2 is 2.05 bits per heavy atom. The first-order valence-corrected chi connectivity index (χ1v) is 7.37. The third kappa shape index (κ3) is 2.93. The fourth-order valence-electron chi connectivity index (χ4n) is 2.44. The smallest absolute Gasteiger partial charge is 0.245 e. The minimum absolute atomic E-state index is 0.293. The molecule has 0 aliphatic carbocycles. The number of hydrogen-bond donors (Lipinski definition) is 3. The van der Waals surface area contributed by atoms with Gasteiger partial charge in [-0.15, -0.1) is 0 Å². The highest BCUT2D eigenvalue weighted by molar-refractivity contribution is 7.78. The van der Waals surface area contributed by atoms with Crippen LogP contribution in [-0.2, 0) is 4.79 Å². The van der Waals surface area contributed by atoms with Gasteiger partial charge in [0, 0.05) is 0 Å². The van der Waals surface area contributed by atoms with Gasteiger partial charge in [-0.25, -0.2) is 9.11 Å². The second kappa shape index (κ2) is 5.90. The van der Waals surface area contributed by atoms with E-state index in [4.69, 9.17) is 0 Å². The molecule has 0 fully saturated rings. The lowest BCUT2D eigenvalue weighted by molar-refractivity contribution is -0.127. The Morgan fingerprint density at radius 1 is 1.45 bits per heavy atom. The van der Waals surface area contributed by atoms with Crippen LogP contribution >= 0.6 is 12.8 Å². The van der Waals surface area contributed by atoms with Gasteiger partial charge in [0.25, 0.3) is 0 Å². The molecule has 2 N–H and O–H groups in total. The number of hydrogen-bond acceptors (Lipinski definition) is 3. The lowest BCUT2D eigenvalue weighted by atomic mass is 9.69. The Morgan fingerprint density at radius 3 is 2.55 bits per heavy atom. The third-order valence-corrected chi connectivity index (χ3v) is 4.91. The van der Waals surface area contributed by atoms with E-state index in [0.29, 0.717) is 0 Å². The van der Waals surface area contributed by atoms with Crippen molar-refractivity contribution in [3.8, 4) is 0 Å². The maximum atomic E-state index is 14.6. The van der Waals surface area contributed by atoms with Gasteiger partial charge in [-0.1, -0.05) is 52.2 Å². The van der Waals surface area contributed by atoms with Crippen LogP contribution in [0.15, 0.2) is 24.1 Å². The molecule has 20 heavy (non-hydrogen) atoms. The van der Waals surface area contributed by atoms with E-state index in [0.717, 1.165) is 12.8 Å². The van der Waals surface area contributed by atoms with Crippen molar-refractivity contribution in [2.24, 2.45) is 5.41 Å². The van der Waals surface area contributed by atoms with Crippen LogP contribution in [0.5, 0.6) is 0 Å². The molecule has 0 radical (unpaired) electrons. The van der Waals surface area contributed by atoms with E-state index in [1.807, 2.05) is 13.8 Å². The van der Waals surface area contributed by atoms with Gasteiger partial charge in [0.1, 0.15) is 11.4 Å². The molecule has 1 rings (SSSR count). The second-order valence-electron chi connectivity index (χ2n) is 6.40. The normalized spacial score (nSPS) is 33.0. The van der Waals surface area contributed by atoms with Crippen molar-refractivity contribution in [1.29, 1.82) is 0 Å². The molecule has 2 atom stereocenters. The number of carbonyl (C=O) groups excluding carboxylic acids is 1. The third-order valence-electron chi connectivity index (χ3n) is 4.45. The molecular formula is C15H25FN2OS. The van der Waals surface area contributed by atoms with E-state index in [-0.39, 0.29) is 11.7 Å². The predicted octanol–water partition coefficient (Wildman–Crippen LogP) is 3.30. The topological polar surface area (TPSA) is 41.1 Å². The highest BCUT2D eigenvalue weighted by Gasteiger charge is 2.48. The van der Waals surface area contributed by atoms with Crippen molar-refractivity contribution in [2.75, 3.05) is 0 Å². The van der Waals surface area contributed by atoms with Gasteiger partial charge in [0.15, 0.2) is 0 Å². The Labute approximate surface area is 126 Å². The van der Waals surface area contributed by atoms with E-state index in [1.165, 1.54) is 6.08 Å². The summed E-state index contributed by atoms with van der Waals surface area (Å²) < 4.78 is 17.3. The lowest BCUT2D eigenvalue weighted by Gasteiger charge is -2.46. The highest BCUT2D eigenvalue weighted by atomic mass is 32.1. The molecule has 5 heteroatoms. The van der Waals surface area contributed by atoms with Crippen molar-refractivity contribution in [2.45, 2.75) is 58.5 Å². The number of allylic oxidation sites excluding steroid dienone is 2. The summed E-state index contributed by atoms with van der Waals surface area (Å²) in [6, 6.07) is 0. The Hall–Kier alpha value is -0.810. The molecule has 1 heterocycles. The second-order valence-corrected chi connectivity index (χ2v) is 6.62. The van der Waals surface area contributed by atoms with E-state index in [1.54, 1.807) is 26.0 Å². The van der Waals surface area contributed by atoms with Crippen LogP contribution in [0.1, 0.15) is 47.5 Å². The molecule has 1 aliphatic rings. The van der Waals surface area contributed by atoms with Gasteiger partial charge in [-0.05, 0) is 31.8 Å². The number of amides is 1. The fraction of sp³-hybridized carbons (Fsp3) is 0.667. The molecule has 0 spiro atoms. The van der Waals surface area contributed by atoms with Crippen molar-refractivity contribution in [3.63, 3.8) is 0 Å². The number of rotatable bonds is 4. The molecule has 0 bridgehead atoms. The SMILES string of the molecule is CCCC(C)(C)C1(C)NC(=O)C(C)(NS)/C=C\C=C1F. The summed E-state index contributed by atoms with van der Waals surface area (Å²) in [6.07, 6.45) is 6.31. The quantitative estimate of drug-likeness (QED) is 0.697. The first-order valence-electron chi connectivity index (χ1n) is 6.92. The zero-order valence-electron chi connectivity index (χ0n) is 12.9. The highest BCUT2D eigenvalue weighted by Crippen LogP contribution is 2.41. The minimum Gasteiger partial charge on any atom is -0.342 e. The van der Waals surface area contributed by atoms with Crippen LogP contribution in [0.2, 0.25) is 0 Å². The average molecular weight is 300 g/mol. The van der Waals surface area contributed by atoms with E-state index in [2.05, 4.69) is 29.8 Å². The average Bonchev–Trinajstić information content (AvgIpc) is 2.36. The van der Waals surface area contributed by atoms with Crippen molar-refractivity contribution in [3.05, 3.63) is 24.1 Å². The van der Waals surface area contributed by atoms with E-state index in [9.17, 15) is 9.18 Å². The molecule has 2 unspecified atom stereocenters. The van der Waals surface area contributed by atoms with Gasteiger partial charge in [-0.2, -0.15) is 0 Å². The summed E-state index contributed by atoms with van der Waals surface area (Å²) in [4.78, 5) is 12.5. The summed E-state index contributed by atoms with van der Waals surface area (Å²) in [5, 5.41) is 2.87. The molecule has 0 aromatic carbocycles. The first-order chi connectivity index (χ1) is 9.13. The molecule has 1 amide bonds. The summed E-state index contributed by atoms with van der Waals surface area (Å²) in [7, 11) is 0. The maximum Gasteiger partial charge on any atom is 0.245 e. The monoisotopic (exact) mass is 300 g/mol. The zero-order valence-corrected chi connectivity index (χ0v) is 13.8. The van der Waals surface area contributed by atoms with Gasteiger partial charge in [0.05, 0.1) is 5.54 Å². The van der Waals surface area contributed by atoms with Gasteiger partial charge < -0.3 is 5.32 Å². The van der Waals surface area contributed by atoms with Crippen molar-refractivity contribution >= 4 is 18.7 Å². The number of thiol groups is 1. The number of carbonyl (C=O) groups is 1. The molecule has 114 valence electrons. The molecule has 0 saturated heterocycles. The molecule has 0 aromatic rings. The van der Waals surface area contributed by atoms with Gasteiger partial charge in [0.2, 0.25) is 5.91 Å². The predicted molar refractivity (Wildman–Crippen MR) is 84.1 cm³/mol. The van der Waals surface area contributed by atoms with Crippen LogP contribution in [0.4, 0.5) is 4.39 Å². The molecular weight excluding hydrogens is 275 g/mol. The number of halogens is 1. The van der Waals surface area contributed by atoms with Crippen LogP contribution in [0.25, 0.3) is 0 Å². The van der Waals surface area contributed by atoms with Crippen molar-refractivity contribution < 1.29 is 9.18 Å². The van der Waals surface area contributed by atoms with Gasteiger partial charge >= 0.3 is 0 Å². The summed E-state index contributed by atoms with van der Waals surface area (Å²) in [5.41, 5.74) is -2.42. The van der Waals surface area contributed by atoms with Crippen LogP contribution < -0.4 is 10.0 Å². The largest absolute Gasteiger partial charge is 0.342 e. The number of nitrogens with one attached hydrogen (secondary N) is 2. The Kier molecular flexibility index (Phi) is 5.08. The lowest BCUT2D eigenvalue weighted by Crippen LogP contribution is -2.63. The van der Waals surface area contributed by atoms with Crippen LogP contribution in [-0.4, -0.2) is 17.0 Å².